The summed E-state index contributed by atoms with van der Waals surface area (Å²) in [7, 11) is 3.35. The number of benzene rings is 2. The lowest BCUT2D eigenvalue weighted by molar-refractivity contribution is -0.130. The van der Waals surface area contributed by atoms with Gasteiger partial charge in [-0.3, -0.25) is 14.5 Å². The molecule has 2 amide bonds. The van der Waals surface area contributed by atoms with Crippen molar-refractivity contribution in [3.05, 3.63) is 65.2 Å². The van der Waals surface area contributed by atoms with Gasteiger partial charge in [-0.2, -0.15) is 0 Å². The van der Waals surface area contributed by atoms with Crippen LogP contribution >= 0.6 is 0 Å². The predicted molar refractivity (Wildman–Crippen MR) is 108 cm³/mol. The number of carbonyl (C=O) groups excluding carboxylic acids is 2. The van der Waals surface area contributed by atoms with Crippen LogP contribution in [0.4, 0.5) is 0 Å². The van der Waals surface area contributed by atoms with Crippen LogP contribution in [0.1, 0.15) is 21.5 Å². The smallest absolute Gasteiger partial charge is 0.259 e. The number of carbonyl (C=O) groups is 2. The molecule has 0 unspecified atom stereocenters. The van der Waals surface area contributed by atoms with Crippen LogP contribution in [0.5, 0.6) is 5.75 Å². The number of nitrogens with zero attached hydrogens (tertiary/aromatic N) is 2. The first-order chi connectivity index (χ1) is 13.5. The molecule has 0 atom stereocenters. The molecule has 0 bridgehead atoms. The Morgan fingerprint density at radius 3 is 2.68 bits per heavy atom. The third-order valence-electron chi connectivity index (χ3n) is 4.88. The van der Waals surface area contributed by atoms with Crippen LogP contribution in [-0.4, -0.2) is 62.0 Å². The van der Waals surface area contributed by atoms with Crippen LogP contribution in [0.3, 0.4) is 0 Å². The SMILES string of the molecule is CN(C)C(=O)COc1cccc(C(=O)NCCN2CCc3ccccc3C2)c1. The number of ether oxygens (including phenoxy) is 1. The lowest BCUT2D eigenvalue weighted by Gasteiger charge is -2.28. The standard InChI is InChI=1S/C22H27N3O3/c1-24(2)21(26)16-28-20-9-5-8-18(14-20)22(27)23-11-13-25-12-10-17-6-3-4-7-19(17)15-25/h3-9,14H,10-13,15-16H2,1-2H3,(H,23,27). The van der Waals surface area contributed by atoms with Gasteiger partial charge in [0.05, 0.1) is 0 Å². The van der Waals surface area contributed by atoms with Crippen molar-refractivity contribution in [2.24, 2.45) is 0 Å². The molecule has 6 heteroatoms. The number of hydrogen-bond acceptors (Lipinski definition) is 4. The Labute approximate surface area is 166 Å². The van der Waals surface area contributed by atoms with E-state index in [9.17, 15) is 9.59 Å². The largest absolute Gasteiger partial charge is 0.484 e. The molecule has 0 saturated carbocycles. The molecule has 2 aromatic carbocycles. The van der Waals surface area contributed by atoms with Gasteiger partial charge in [0.1, 0.15) is 5.75 Å². The minimum atomic E-state index is -0.137. The van der Waals surface area contributed by atoms with Crippen molar-refractivity contribution >= 4 is 11.8 Å². The highest BCUT2D eigenvalue weighted by Crippen LogP contribution is 2.18. The summed E-state index contributed by atoms with van der Waals surface area (Å²) in [6.45, 7) is 3.29. The normalized spacial score (nSPS) is 13.5. The second-order valence-electron chi connectivity index (χ2n) is 7.16. The maximum absolute atomic E-state index is 12.4. The molecule has 28 heavy (non-hydrogen) atoms. The molecule has 0 aliphatic carbocycles. The van der Waals surface area contributed by atoms with Gasteiger partial charge in [-0.25, -0.2) is 0 Å². The molecule has 6 nitrogen and oxygen atoms in total. The maximum atomic E-state index is 12.4. The molecule has 148 valence electrons. The fourth-order valence-electron chi connectivity index (χ4n) is 3.18. The van der Waals surface area contributed by atoms with Crippen molar-refractivity contribution in [1.82, 2.24) is 15.1 Å². The Bertz CT molecular complexity index is 835. The van der Waals surface area contributed by atoms with Crippen LogP contribution in [0.2, 0.25) is 0 Å². The topological polar surface area (TPSA) is 61.9 Å². The highest BCUT2D eigenvalue weighted by Gasteiger charge is 2.15. The van der Waals surface area contributed by atoms with E-state index in [0.717, 1.165) is 26.1 Å². The van der Waals surface area contributed by atoms with Gasteiger partial charge in [0.15, 0.2) is 6.61 Å². The highest BCUT2D eigenvalue weighted by atomic mass is 16.5. The van der Waals surface area contributed by atoms with Crippen LogP contribution in [0.25, 0.3) is 0 Å². The maximum Gasteiger partial charge on any atom is 0.259 e. The third kappa shape index (κ3) is 5.33. The fraction of sp³-hybridized carbons (Fsp3) is 0.364. The average Bonchev–Trinajstić information content (AvgIpc) is 2.72. The van der Waals surface area contributed by atoms with Crippen molar-refractivity contribution in [2.45, 2.75) is 13.0 Å². The summed E-state index contributed by atoms with van der Waals surface area (Å²) in [5, 5.41) is 2.97. The summed E-state index contributed by atoms with van der Waals surface area (Å²) >= 11 is 0. The Kier molecular flexibility index (Phi) is 6.66. The molecular weight excluding hydrogens is 354 g/mol. The quantitative estimate of drug-likeness (QED) is 0.796. The van der Waals surface area contributed by atoms with Crippen LogP contribution < -0.4 is 10.1 Å². The molecule has 3 rings (SSSR count). The lowest BCUT2D eigenvalue weighted by atomic mass is 10.00. The Hall–Kier alpha value is -2.86. The zero-order chi connectivity index (χ0) is 19.9. The fourth-order valence-corrected chi connectivity index (χ4v) is 3.18. The van der Waals surface area contributed by atoms with E-state index in [2.05, 4.69) is 34.5 Å². The molecule has 0 aromatic heterocycles. The molecule has 0 spiro atoms. The summed E-state index contributed by atoms with van der Waals surface area (Å²) in [5.41, 5.74) is 3.32. The van der Waals surface area contributed by atoms with Crippen LogP contribution in [-0.2, 0) is 17.8 Å². The number of hydrogen-bond donors (Lipinski definition) is 1. The van der Waals surface area contributed by atoms with E-state index in [4.69, 9.17) is 4.74 Å². The van der Waals surface area contributed by atoms with Crippen LogP contribution in [0.15, 0.2) is 48.5 Å². The minimum absolute atomic E-state index is 0.0471. The van der Waals surface area contributed by atoms with E-state index in [-0.39, 0.29) is 18.4 Å². The average molecular weight is 381 g/mol. The zero-order valence-electron chi connectivity index (χ0n) is 16.5. The Balaban J connectivity index is 1.46. The molecule has 1 heterocycles. The number of likely N-dealkylation sites (N-methyl/N-ethyl adjacent to an activating group) is 1. The summed E-state index contributed by atoms with van der Waals surface area (Å²) < 4.78 is 5.47. The van der Waals surface area contributed by atoms with Gasteiger partial charge < -0.3 is 15.0 Å². The van der Waals surface area contributed by atoms with Gasteiger partial charge in [0.25, 0.3) is 11.8 Å². The van der Waals surface area contributed by atoms with Crippen LogP contribution in [0, 0.1) is 0 Å². The van der Waals surface area contributed by atoms with E-state index in [1.54, 1.807) is 38.4 Å². The first kappa shape index (κ1) is 19.9. The van der Waals surface area contributed by atoms with Crippen molar-refractivity contribution in [3.63, 3.8) is 0 Å². The van der Waals surface area contributed by atoms with Crippen molar-refractivity contribution in [2.75, 3.05) is 40.3 Å². The minimum Gasteiger partial charge on any atom is -0.484 e. The second kappa shape index (κ2) is 9.37. The Morgan fingerprint density at radius 2 is 1.89 bits per heavy atom. The molecule has 0 radical (unpaired) electrons. The van der Waals surface area contributed by atoms with Gasteiger partial charge in [0, 0.05) is 45.8 Å². The molecule has 2 aromatic rings. The molecule has 1 aliphatic heterocycles. The summed E-state index contributed by atoms with van der Waals surface area (Å²) in [5.74, 6) is 0.246. The number of rotatable bonds is 7. The summed E-state index contributed by atoms with van der Waals surface area (Å²) in [6, 6.07) is 15.4. The number of fused-ring (bicyclic) bond motifs is 1. The number of amides is 2. The monoisotopic (exact) mass is 381 g/mol. The summed E-state index contributed by atoms with van der Waals surface area (Å²) in [6.07, 6.45) is 1.05. The Morgan fingerprint density at radius 1 is 1.11 bits per heavy atom. The molecule has 1 aliphatic rings. The van der Waals surface area contributed by atoms with Crippen molar-refractivity contribution in [3.8, 4) is 5.75 Å². The summed E-state index contributed by atoms with van der Waals surface area (Å²) in [4.78, 5) is 27.9. The van der Waals surface area contributed by atoms with Crippen molar-refractivity contribution < 1.29 is 14.3 Å². The molecule has 1 N–H and O–H groups in total. The van der Waals surface area contributed by atoms with E-state index in [0.29, 0.717) is 17.9 Å². The van der Waals surface area contributed by atoms with E-state index >= 15 is 0 Å². The predicted octanol–water partition coefficient (Wildman–Crippen LogP) is 1.94. The number of nitrogens with one attached hydrogen (secondary N) is 1. The lowest BCUT2D eigenvalue weighted by Crippen LogP contribution is -2.37. The van der Waals surface area contributed by atoms with E-state index < -0.39 is 0 Å². The third-order valence-corrected chi connectivity index (χ3v) is 4.88. The van der Waals surface area contributed by atoms with Gasteiger partial charge in [-0.05, 0) is 35.7 Å². The van der Waals surface area contributed by atoms with Gasteiger partial charge >= 0.3 is 0 Å². The van der Waals surface area contributed by atoms with Gasteiger partial charge in [-0.15, -0.1) is 0 Å². The molecular formula is C22H27N3O3. The zero-order valence-corrected chi connectivity index (χ0v) is 16.5. The van der Waals surface area contributed by atoms with Gasteiger partial charge in [-0.1, -0.05) is 30.3 Å². The van der Waals surface area contributed by atoms with E-state index in [1.807, 2.05) is 0 Å². The van der Waals surface area contributed by atoms with Gasteiger partial charge in [0.2, 0.25) is 0 Å². The van der Waals surface area contributed by atoms with E-state index in [1.165, 1.54) is 16.0 Å². The second-order valence-corrected chi connectivity index (χ2v) is 7.16. The molecule has 0 fully saturated rings. The highest BCUT2D eigenvalue weighted by molar-refractivity contribution is 5.94. The molecule has 0 saturated heterocycles. The van der Waals surface area contributed by atoms with Crippen molar-refractivity contribution in [1.29, 1.82) is 0 Å². The first-order valence-corrected chi connectivity index (χ1v) is 9.53. The first-order valence-electron chi connectivity index (χ1n) is 9.53.